The van der Waals surface area contributed by atoms with Crippen LogP contribution < -0.4 is 22.1 Å². The van der Waals surface area contributed by atoms with Crippen LogP contribution in [0, 0.1) is 0 Å². The zero-order valence-electron chi connectivity index (χ0n) is 15.7. The molecule has 0 saturated carbocycles. The molecule has 0 aliphatic heterocycles. The maximum Gasteiger partial charge on any atom is 0.253 e. The number of nitrogens with two attached hydrogens (primary N) is 2. The molecule has 0 saturated heterocycles. The van der Waals surface area contributed by atoms with Gasteiger partial charge in [0.2, 0.25) is 5.91 Å². The zero-order chi connectivity index (χ0) is 24.0. The molecule has 0 aromatic heterocycles. The number of nitrogens with one attached hydrogen (secondary N) is 2. The normalized spacial score (nSPS) is 15.0. The van der Waals surface area contributed by atoms with Gasteiger partial charge in [-0.1, -0.05) is 0 Å². The van der Waals surface area contributed by atoms with Gasteiger partial charge in [0.1, 0.15) is 18.3 Å². The lowest BCUT2D eigenvalue weighted by molar-refractivity contribution is -0.114. The molecule has 3 amide bonds. The molecule has 15 heteroatoms. The Labute approximate surface area is 201 Å². The molecule has 1 aromatic carbocycles. The van der Waals surface area contributed by atoms with Gasteiger partial charge in [0, 0.05) is 11.0 Å². The Hall–Kier alpha value is -1.17. The van der Waals surface area contributed by atoms with Gasteiger partial charge >= 0.3 is 0 Å². The van der Waals surface area contributed by atoms with Crippen molar-refractivity contribution in [1.29, 1.82) is 0 Å². The third-order valence-corrected chi connectivity index (χ3v) is 6.42. The molecule has 174 valence electrons. The fourth-order valence-corrected chi connectivity index (χ4v) is 5.29. The predicted octanol–water partition coefficient (Wildman–Crippen LogP) is -1.86. The molecule has 0 radical (unpaired) electrons. The number of hydrogen-bond acceptors (Lipinski definition) is 9. The lowest BCUT2D eigenvalue weighted by Gasteiger charge is -2.26. The summed E-state index contributed by atoms with van der Waals surface area (Å²) in [5.74, 6) is -2.42. The van der Waals surface area contributed by atoms with Gasteiger partial charge in [-0.25, -0.2) is 0 Å². The van der Waals surface area contributed by atoms with Crippen LogP contribution in [0.2, 0.25) is 0 Å². The Kier molecular flexibility index (Phi) is 10.9. The van der Waals surface area contributed by atoms with E-state index in [0.29, 0.717) is 0 Å². The van der Waals surface area contributed by atoms with Crippen molar-refractivity contribution in [2.24, 2.45) is 11.5 Å². The molecular weight excluding hydrogens is 616 g/mol. The van der Waals surface area contributed by atoms with Crippen LogP contribution in [0.1, 0.15) is 20.7 Å². The molecule has 0 fully saturated rings. The van der Waals surface area contributed by atoms with Gasteiger partial charge in [-0.2, -0.15) is 0 Å². The van der Waals surface area contributed by atoms with Crippen LogP contribution >= 0.6 is 47.8 Å². The van der Waals surface area contributed by atoms with Crippen molar-refractivity contribution >= 4 is 71.2 Å². The number of anilines is 1. The SMILES string of the molecule is NCC(=O)Nc1c(Br)c(C(N)=O)c(Br)c(C(=O)NCC(O)C(O)C(O)C(O)CO)c1Br. The highest BCUT2D eigenvalue weighted by atomic mass is 79.9. The van der Waals surface area contributed by atoms with E-state index in [2.05, 4.69) is 58.4 Å². The Morgan fingerprint density at radius 2 is 1.42 bits per heavy atom. The van der Waals surface area contributed by atoms with Crippen molar-refractivity contribution in [1.82, 2.24) is 5.32 Å². The van der Waals surface area contributed by atoms with Gasteiger partial charge < -0.3 is 47.6 Å². The number of benzene rings is 1. The van der Waals surface area contributed by atoms with Crippen molar-refractivity contribution in [3.05, 3.63) is 24.5 Å². The number of halogens is 3. The van der Waals surface area contributed by atoms with Crippen molar-refractivity contribution in [3.63, 3.8) is 0 Å². The number of rotatable bonds is 10. The quantitative estimate of drug-likeness (QED) is 0.140. The molecule has 11 N–H and O–H groups in total. The second-order valence-corrected chi connectivity index (χ2v) is 8.57. The van der Waals surface area contributed by atoms with Gasteiger partial charge in [-0.15, -0.1) is 0 Å². The summed E-state index contributed by atoms with van der Waals surface area (Å²) in [7, 11) is 0. The molecule has 0 aliphatic rings. The van der Waals surface area contributed by atoms with Crippen LogP contribution in [-0.2, 0) is 4.79 Å². The van der Waals surface area contributed by atoms with E-state index in [1.165, 1.54) is 0 Å². The molecule has 0 spiro atoms. The molecule has 31 heavy (non-hydrogen) atoms. The number of carbonyl (C=O) groups is 3. The van der Waals surface area contributed by atoms with E-state index in [0.717, 1.165) is 0 Å². The van der Waals surface area contributed by atoms with E-state index in [4.69, 9.17) is 16.6 Å². The van der Waals surface area contributed by atoms with Crippen LogP contribution in [0.3, 0.4) is 0 Å². The maximum absolute atomic E-state index is 12.7. The summed E-state index contributed by atoms with van der Waals surface area (Å²) in [6.07, 6.45) is -7.19. The van der Waals surface area contributed by atoms with Crippen molar-refractivity contribution in [2.45, 2.75) is 24.4 Å². The Balaban J connectivity index is 3.24. The standard InChI is InChI=1S/C16H21Br3N4O8/c17-9-7(15(21)30)10(18)12(23-6(27)1-20)11(19)8(9)16(31)22-2-4(25)13(28)14(29)5(26)3-24/h4-5,13-14,24-26,28-29H,1-3,20H2,(H2,21,30)(H,22,31)(H,23,27). The molecule has 12 nitrogen and oxygen atoms in total. The third kappa shape index (κ3) is 6.66. The summed E-state index contributed by atoms with van der Waals surface area (Å²) in [4.78, 5) is 36.4. The number of amides is 3. The minimum atomic E-state index is -1.89. The fourth-order valence-electron chi connectivity index (χ4n) is 2.35. The van der Waals surface area contributed by atoms with Crippen LogP contribution in [0.4, 0.5) is 5.69 Å². The highest BCUT2D eigenvalue weighted by Crippen LogP contribution is 2.42. The molecule has 1 rings (SSSR count). The van der Waals surface area contributed by atoms with Gasteiger partial charge in [0.15, 0.2) is 0 Å². The number of carbonyl (C=O) groups excluding carboxylic acids is 3. The minimum Gasteiger partial charge on any atom is -0.394 e. The van der Waals surface area contributed by atoms with Crippen molar-refractivity contribution in [3.8, 4) is 0 Å². The number of aliphatic hydroxyl groups is 5. The lowest BCUT2D eigenvalue weighted by atomic mass is 10.0. The fraction of sp³-hybridized carbons (Fsp3) is 0.438. The first-order chi connectivity index (χ1) is 14.4. The third-order valence-electron chi connectivity index (χ3n) is 4.04. The topological polar surface area (TPSA) is 228 Å². The minimum absolute atomic E-state index is 0.000302. The second kappa shape index (κ2) is 12.2. The smallest absolute Gasteiger partial charge is 0.253 e. The monoisotopic (exact) mass is 634 g/mol. The average Bonchev–Trinajstić information content (AvgIpc) is 2.72. The molecule has 4 atom stereocenters. The molecular formula is C16H21Br3N4O8. The zero-order valence-corrected chi connectivity index (χ0v) is 20.4. The summed E-state index contributed by atoms with van der Waals surface area (Å²) in [5, 5.41) is 52.3. The van der Waals surface area contributed by atoms with Gasteiger partial charge in [0.25, 0.3) is 11.8 Å². The second-order valence-electron chi connectivity index (χ2n) is 6.19. The van der Waals surface area contributed by atoms with E-state index in [1.807, 2.05) is 0 Å². The van der Waals surface area contributed by atoms with Crippen LogP contribution in [0.15, 0.2) is 13.4 Å². The molecule has 0 aliphatic carbocycles. The van der Waals surface area contributed by atoms with Crippen LogP contribution in [0.25, 0.3) is 0 Å². The van der Waals surface area contributed by atoms with Gasteiger partial charge in [-0.3, -0.25) is 14.4 Å². The van der Waals surface area contributed by atoms with Crippen molar-refractivity contribution < 1.29 is 39.9 Å². The molecule has 0 bridgehead atoms. The van der Waals surface area contributed by atoms with E-state index in [1.54, 1.807) is 0 Å². The Bertz CT molecular complexity index is 857. The molecule has 0 heterocycles. The largest absolute Gasteiger partial charge is 0.394 e. The van der Waals surface area contributed by atoms with Crippen LogP contribution in [-0.4, -0.2) is 87.4 Å². The Morgan fingerprint density at radius 1 is 0.903 bits per heavy atom. The molecule has 4 unspecified atom stereocenters. The van der Waals surface area contributed by atoms with E-state index in [9.17, 15) is 34.8 Å². The summed E-state index contributed by atoms with van der Waals surface area (Å²) in [6, 6.07) is 0. The average molecular weight is 637 g/mol. The van der Waals surface area contributed by atoms with E-state index in [-0.39, 0.29) is 36.8 Å². The van der Waals surface area contributed by atoms with Gasteiger partial charge in [-0.05, 0) is 47.8 Å². The summed E-state index contributed by atoms with van der Waals surface area (Å²) in [5.41, 5.74) is 10.3. The van der Waals surface area contributed by atoms with Crippen molar-refractivity contribution in [2.75, 3.05) is 25.0 Å². The van der Waals surface area contributed by atoms with E-state index >= 15 is 0 Å². The number of aliphatic hydroxyl groups excluding tert-OH is 5. The van der Waals surface area contributed by atoms with Gasteiger partial charge in [0.05, 0.1) is 45.0 Å². The lowest BCUT2D eigenvalue weighted by Crippen LogP contribution is -2.49. The first-order valence-electron chi connectivity index (χ1n) is 8.50. The highest BCUT2D eigenvalue weighted by Gasteiger charge is 2.31. The highest BCUT2D eigenvalue weighted by molar-refractivity contribution is 9.11. The molecule has 1 aromatic rings. The Morgan fingerprint density at radius 3 is 1.90 bits per heavy atom. The summed E-state index contributed by atoms with van der Waals surface area (Å²) < 4.78 is 0.0859. The number of hydrogen-bond donors (Lipinski definition) is 9. The maximum atomic E-state index is 12.7. The van der Waals surface area contributed by atoms with E-state index < -0.39 is 55.3 Å². The predicted molar refractivity (Wildman–Crippen MR) is 119 cm³/mol. The summed E-state index contributed by atoms with van der Waals surface area (Å²) in [6.45, 7) is -1.82. The summed E-state index contributed by atoms with van der Waals surface area (Å²) >= 11 is 9.44. The number of primary amides is 1. The first kappa shape index (κ1) is 27.9. The van der Waals surface area contributed by atoms with Crippen LogP contribution in [0.5, 0.6) is 0 Å². The first-order valence-corrected chi connectivity index (χ1v) is 10.9.